The lowest BCUT2D eigenvalue weighted by atomic mass is 10.1. The lowest BCUT2D eigenvalue weighted by molar-refractivity contribution is 0.448. The summed E-state index contributed by atoms with van der Waals surface area (Å²) in [6, 6.07) is 8.50. The van der Waals surface area contributed by atoms with Gasteiger partial charge in [0.15, 0.2) is 11.6 Å². The number of aromatic nitrogens is 1. The Morgan fingerprint density at radius 1 is 1.12 bits per heavy atom. The summed E-state index contributed by atoms with van der Waals surface area (Å²) in [5.74, 6) is -2.84. The highest BCUT2D eigenvalue weighted by molar-refractivity contribution is 7.98. The average Bonchev–Trinajstić information content (AvgIpc) is 2.59. The van der Waals surface area contributed by atoms with Crippen LogP contribution in [0.5, 0.6) is 5.88 Å². The fourth-order valence-electron chi connectivity index (χ4n) is 2.41. The number of rotatable bonds is 3. The molecule has 0 saturated carbocycles. The van der Waals surface area contributed by atoms with Crippen molar-refractivity contribution >= 4 is 22.5 Å². The molecule has 0 aliphatic carbocycles. The maximum absolute atomic E-state index is 14.0. The summed E-state index contributed by atoms with van der Waals surface area (Å²) in [6.07, 6.45) is 0. The predicted molar refractivity (Wildman–Crippen MR) is 88.7 cm³/mol. The zero-order valence-electron chi connectivity index (χ0n) is 13.0. The summed E-state index contributed by atoms with van der Waals surface area (Å²) in [7, 11) is 0. The third-order valence-electron chi connectivity index (χ3n) is 3.74. The first kappa shape index (κ1) is 17.1. The van der Waals surface area contributed by atoms with E-state index in [9.17, 15) is 18.3 Å². The molecule has 2 aromatic carbocycles. The summed E-state index contributed by atoms with van der Waals surface area (Å²) >= 11 is 1.02. The lowest BCUT2D eigenvalue weighted by Crippen LogP contribution is -1.96. The van der Waals surface area contributed by atoms with Gasteiger partial charge in [-0.25, -0.2) is 18.2 Å². The van der Waals surface area contributed by atoms with E-state index in [4.69, 9.17) is 5.26 Å². The first-order valence-corrected chi connectivity index (χ1v) is 8.19. The highest BCUT2D eigenvalue weighted by Gasteiger charge is 2.16. The number of fused-ring (bicyclic) bond motifs is 1. The predicted octanol–water partition coefficient (Wildman–Crippen LogP) is 4.83. The van der Waals surface area contributed by atoms with Gasteiger partial charge in [-0.3, -0.25) is 0 Å². The maximum Gasteiger partial charge on any atom is 0.230 e. The normalized spacial score (nSPS) is 10.8. The van der Waals surface area contributed by atoms with Gasteiger partial charge in [0.1, 0.15) is 22.5 Å². The molecule has 1 aromatic heterocycles. The van der Waals surface area contributed by atoms with Crippen LogP contribution in [0.4, 0.5) is 13.2 Å². The second-order valence-corrected chi connectivity index (χ2v) is 6.34. The summed E-state index contributed by atoms with van der Waals surface area (Å²) in [4.78, 5) is 3.91. The second kappa shape index (κ2) is 6.65. The van der Waals surface area contributed by atoms with E-state index in [-0.39, 0.29) is 27.5 Å². The first-order valence-electron chi connectivity index (χ1n) is 7.21. The fraction of sp³-hybridized carbons (Fsp3) is 0.111. The first-order chi connectivity index (χ1) is 11.9. The number of hydrogen-bond donors (Lipinski definition) is 1. The van der Waals surface area contributed by atoms with Crippen molar-refractivity contribution in [3.8, 4) is 11.9 Å². The van der Waals surface area contributed by atoms with E-state index < -0.39 is 23.3 Å². The molecule has 126 valence electrons. The van der Waals surface area contributed by atoms with Crippen LogP contribution in [0, 0.1) is 35.7 Å². The van der Waals surface area contributed by atoms with Crippen molar-refractivity contribution in [1.82, 2.24) is 4.98 Å². The number of thioether (sulfide) groups is 1. The number of nitriles is 1. The number of benzene rings is 2. The molecule has 0 spiro atoms. The third-order valence-corrected chi connectivity index (χ3v) is 4.78. The third kappa shape index (κ3) is 3.13. The van der Waals surface area contributed by atoms with Gasteiger partial charge in [0.2, 0.25) is 5.88 Å². The molecule has 25 heavy (non-hydrogen) atoms. The van der Waals surface area contributed by atoms with Crippen LogP contribution in [0.3, 0.4) is 0 Å². The molecule has 0 aliphatic heterocycles. The van der Waals surface area contributed by atoms with Gasteiger partial charge in [0.05, 0.1) is 0 Å². The van der Waals surface area contributed by atoms with Crippen molar-refractivity contribution < 1.29 is 18.3 Å². The Bertz CT molecular complexity index is 1030. The van der Waals surface area contributed by atoms with Crippen molar-refractivity contribution in [3.05, 3.63) is 64.5 Å². The van der Waals surface area contributed by atoms with E-state index >= 15 is 0 Å². The van der Waals surface area contributed by atoms with Crippen LogP contribution >= 0.6 is 11.8 Å². The van der Waals surface area contributed by atoms with Crippen molar-refractivity contribution in [3.63, 3.8) is 0 Å². The molecule has 0 radical (unpaired) electrons. The number of hydrogen-bond acceptors (Lipinski definition) is 4. The van der Waals surface area contributed by atoms with Crippen LogP contribution in [0.25, 0.3) is 10.8 Å². The minimum Gasteiger partial charge on any atom is -0.492 e. The van der Waals surface area contributed by atoms with Crippen molar-refractivity contribution in [1.29, 1.82) is 5.26 Å². The highest BCUT2D eigenvalue weighted by atomic mass is 32.2. The van der Waals surface area contributed by atoms with E-state index in [1.54, 1.807) is 0 Å². The number of nitrogens with zero attached hydrogens (tertiary/aromatic N) is 2. The number of aromatic hydroxyl groups is 1. The van der Waals surface area contributed by atoms with Crippen molar-refractivity contribution in [2.24, 2.45) is 0 Å². The molecule has 7 heteroatoms. The average molecular weight is 360 g/mol. The standard InChI is InChI=1S/C18H11F3N2OS/c1-9-2-3-10(16(21)15(9)20)8-25-18-13-6-11(19)4-5-12(13)14(7-22)17(24)23-18/h2-6H,8H2,1H3,(H,23,24). The fourth-order valence-corrected chi connectivity index (χ4v) is 3.40. The van der Waals surface area contributed by atoms with Gasteiger partial charge in [-0.1, -0.05) is 12.1 Å². The SMILES string of the molecule is Cc1ccc(CSc2nc(O)c(C#N)c3ccc(F)cc23)c(F)c1F. The summed E-state index contributed by atoms with van der Waals surface area (Å²) < 4.78 is 41.2. The van der Waals surface area contributed by atoms with Crippen LogP contribution in [0.2, 0.25) is 0 Å². The highest BCUT2D eigenvalue weighted by Crippen LogP contribution is 2.35. The minimum absolute atomic E-state index is 0.0347. The zero-order valence-corrected chi connectivity index (χ0v) is 13.8. The van der Waals surface area contributed by atoms with Crippen LogP contribution in [-0.2, 0) is 5.75 Å². The molecule has 3 aromatic rings. The van der Waals surface area contributed by atoms with Crippen LogP contribution < -0.4 is 0 Å². The molecule has 0 saturated heterocycles. The molecular weight excluding hydrogens is 349 g/mol. The quantitative estimate of drug-likeness (QED) is 0.680. The van der Waals surface area contributed by atoms with E-state index in [0.29, 0.717) is 10.8 Å². The summed E-state index contributed by atoms with van der Waals surface area (Å²) in [5.41, 5.74) is 0.267. The van der Waals surface area contributed by atoms with Crippen LogP contribution in [0.15, 0.2) is 35.4 Å². The number of halogens is 3. The van der Waals surface area contributed by atoms with Crippen LogP contribution in [-0.4, -0.2) is 10.1 Å². The molecule has 3 nitrogen and oxygen atoms in total. The molecule has 0 unspecified atom stereocenters. The van der Waals surface area contributed by atoms with Gasteiger partial charge in [-0.05, 0) is 30.7 Å². The Balaban J connectivity index is 2.04. The lowest BCUT2D eigenvalue weighted by Gasteiger charge is -2.10. The van der Waals surface area contributed by atoms with Gasteiger partial charge < -0.3 is 5.11 Å². The van der Waals surface area contributed by atoms with Crippen molar-refractivity contribution in [2.45, 2.75) is 17.7 Å². The molecule has 1 heterocycles. The van der Waals surface area contributed by atoms with Crippen LogP contribution in [0.1, 0.15) is 16.7 Å². The van der Waals surface area contributed by atoms with Crippen molar-refractivity contribution in [2.75, 3.05) is 0 Å². The minimum atomic E-state index is -0.944. The Hall–Kier alpha value is -2.72. The summed E-state index contributed by atoms with van der Waals surface area (Å²) in [5, 5.41) is 19.9. The van der Waals surface area contributed by atoms with Gasteiger partial charge >= 0.3 is 0 Å². The number of aryl methyl sites for hydroxylation is 1. The monoisotopic (exact) mass is 360 g/mol. The molecule has 0 atom stereocenters. The number of pyridine rings is 1. The van der Waals surface area contributed by atoms with Gasteiger partial charge in [-0.2, -0.15) is 5.26 Å². The molecule has 1 N–H and O–H groups in total. The van der Waals surface area contributed by atoms with E-state index in [2.05, 4.69) is 4.98 Å². The second-order valence-electron chi connectivity index (χ2n) is 5.38. The molecule has 0 fully saturated rings. The molecular formula is C18H11F3N2OS. The Kier molecular flexibility index (Phi) is 4.55. The zero-order chi connectivity index (χ0) is 18.1. The van der Waals surface area contributed by atoms with E-state index in [1.165, 1.54) is 37.3 Å². The molecule has 0 amide bonds. The maximum atomic E-state index is 14.0. The smallest absolute Gasteiger partial charge is 0.230 e. The molecule has 0 aliphatic rings. The van der Waals surface area contributed by atoms with E-state index in [1.807, 2.05) is 6.07 Å². The largest absolute Gasteiger partial charge is 0.492 e. The Morgan fingerprint density at radius 2 is 1.88 bits per heavy atom. The van der Waals surface area contributed by atoms with Gasteiger partial charge in [0, 0.05) is 22.1 Å². The Labute approximate surface area is 145 Å². The molecule has 3 rings (SSSR count). The van der Waals surface area contributed by atoms with Gasteiger partial charge in [0.25, 0.3) is 0 Å². The summed E-state index contributed by atoms with van der Waals surface area (Å²) in [6.45, 7) is 1.46. The van der Waals surface area contributed by atoms with Gasteiger partial charge in [-0.15, -0.1) is 11.8 Å². The molecule has 0 bridgehead atoms. The Morgan fingerprint density at radius 3 is 2.60 bits per heavy atom. The topological polar surface area (TPSA) is 56.9 Å². The van der Waals surface area contributed by atoms with E-state index in [0.717, 1.165) is 11.8 Å².